The minimum atomic E-state index is 0.143. The van der Waals surface area contributed by atoms with E-state index in [0.29, 0.717) is 12.8 Å². The topological polar surface area (TPSA) is 43.4 Å². The van der Waals surface area contributed by atoms with Crippen molar-refractivity contribution in [3.63, 3.8) is 0 Å². The highest BCUT2D eigenvalue weighted by Gasteiger charge is 2.02. The standard InChI is InChI=1S/C18H18O3/c1-13(19)11-15-3-7-17(8-4-15)21-18-9-5-16(6-10-18)12-14(2)20/h3-10H,11-12H2,1-2H3. The highest BCUT2D eigenvalue weighted by Crippen LogP contribution is 2.22. The first kappa shape index (κ1) is 15.0. The van der Waals surface area contributed by atoms with Crippen molar-refractivity contribution >= 4 is 11.6 Å². The van der Waals surface area contributed by atoms with Crippen molar-refractivity contribution in [3.8, 4) is 11.5 Å². The third kappa shape index (κ3) is 4.88. The van der Waals surface area contributed by atoms with Gasteiger partial charge in [-0.25, -0.2) is 0 Å². The Hall–Kier alpha value is -2.42. The van der Waals surface area contributed by atoms with Crippen LogP contribution in [0.4, 0.5) is 0 Å². The van der Waals surface area contributed by atoms with Crippen LogP contribution < -0.4 is 4.74 Å². The predicted molar refractivity (Wildman–Crippen MR) is 81.7 cm³/mol. The van der Waals surface area contributed by atoms with Crippen LogP contribution in [0.2, 0.25) is 0 Å². The molecular weight excluding hydrogens is 264 g/mol. The summed E-state index contributed by atoms with van der Waals surface area (Å²) in [6, 6.07) is 15.0. The van der Waals surface area contributed by atoms with Crippen LogP contribution in [0.15, 0.2) is 48.5 Å². The van der Waals surface area contributed by atoms with Gasteiger partial charge in [-0.3, -0.25) is 9.59 Å². The average Bonchev–Trinajstić information content (AvgIpc) is 2.42. The Bertz CT molecular complexity index is 567. The van der Waals surface area contributed by atoms with Gasteiger partial charge >= 0.3 is 0 Å². The Kier molecular flexibility index (Phi) is 4.88. The Morgan fingerprint density at radius 2 is 1.05 bits per heavy atom. The third-order valence-electron chi connectivity index (χ3n) is 2.99. The Labute approximate surface area is 124 Å². The molecule has 0 amide bonds. The fraction of sp³-hybridized carbons (Fsp3) is 0.222. The number of carbonyl (C=O) groups is 2. The van der Waals surface area contributed by atoms with Gasteiger partial charge in [-0.15, -0.1) is 0 Å². The summed E-state index contributed by atoms with van der Waals surface area (Å²) in [5, 5.41) is 0. The first-order chi connectivity index (χ1) is 10.0. The summed E-state index contributed by atoms with van der Waals surface area (Å²) < 4.78 is 5.73. The van der Waals surface area contributed by atoms with Gasteiger partial charge in [0.25, 0.3) is 0 Å². The van der Waals surface area contributed by atoms with Gasteiger partial charge in [0.15, 0.2) is 0 Å². The van der Waals surface area contributed by atoms with Gasteiger partial charge in [0.2, 0.25) is 0 Å². The summed E-state index contributed by atoms with van der Waals surface area (Å²) >= 11 is 0. The monoisotopic (exact) mass is 282 g/mol. The van der Waals surface area contributed by atoms with E-state index in [2.05, 4.69) is 0 Å². The lowest BCUT2D eigenvalue weighted by molar-refractivity contribution is -0.117. The van der Waals surface area contributed by atoms with E-state index in [1.54, 1.807) is 13.8 Å². The van der Waals surface area contributed by atoms with Crippen molar-refractivity contribution in [2.75, 3.05) is 0 Å². The van der Waals surface area contributed by atoms with Gasteiger partial charge < -0.3 is 4.74 Å². The number of hydrogen-bond acceptors (Lipinski definition) is 3. The molecule has 0 atom stereocenters. The maximum Gasteiger partial charge on any atom is 0.134 e. The molecule has 3 nitrogen and oxygen atoms in total. The zero-order valence-electron chi connectivity index (χ0n) is 12.3. The van der Waals surface area contributed by atoms with Crippen LogP contribution in [0, 0.1) is 0 Å². The number of ether oxygens (including phenoxy) is 1. The summed E-state index contributed by atoms with van der Waals surface area (Å²) in [6.45, 7) is 3.15. The molecule has 0 fully saturated rings. The number of benzene rings is 2. The first-order valence-corrected chi connectivity index (χ1v) is 6.87. The summed E-state index contributed by atoms with van der Waals surface area (Å²) in [7, 11) is 0. The van der Waals surface area contributed by atoms with Crippen molar-refractivity contribution in [3.05, 3.63) is 59.7 Å². The molecule has 0 saturated carbocycles. The van der Waals surface area contributed by atoms with Crippen LogP contribution in [-0.4, -0.2) is 11.6 Å². The summed E-state index contributed by atoms with van der Waals surface area (Å²) in [5.74, 6) is 1.73. The van der Waals surface area contributed by atoms with Crippen LogP contribution in [0.3, 0.4) is 0 Å². The molecule has 0 spiro atoms. The van der Waals surface area contributed by atoms with E-state index >= 15 is 0 Å². The van der Waals surface area contributed by atoms with Crippen LogP contribution in [-0.2, 0) is 22.4 Å². The molecule has 0 N–H and O–H groups in total. The van der Waals surface area contributed by atoms with E-state index in [9.17, 15) is 9.59 Å². The van der Waals surface area contributed by atoms with Crippen molar-refractivity contribution < 1.29 is 14.3 Å². The van der Waals surface area contributed by atoms with Crippen LogP contribution in [0.25, 0.3) is 0 Å². The lowest BCUT2D eigenvalue weighted by atomic mass is 10.1. The number of carbonyl (C=O) groups excluding carboxylic acids is 2. The minimum Gasteiger partial charge on any atom is -0.457 e. The molecule has 3 heteroatoms. The zero-order valence-corrected chi connectivity index (χ0v) is 12.3. The number of Topliss-reactive ketones (excluding diaryl/α,β-unsaturated/α-hetero) is 2. The molecular formula is C18H18O3. The minimum absolute atomic E-state index is 0.143. The van der Waals surface area contributed by atoms with Crippen molar-refractivity contribution in [2.45, 2.75) is 26.7 Å². The van der Waals surface area contributed by atoms with Gasteiger partial charge in [-0.1, -0.05) is 24.3 Å². The molecule has 0 aliphatic heterocycles. The van der Waals surface area contributed by atoms with E-state index in [1.165, 1.54) is 0 Å². The molecule has 108 valence electrons. The fourth-order valence-electron chi connectivity index (χ4n) is 2.06. The van der Waals surface area contributed by atoms with Gasteiger partial charge in [0, 0.05) is 12.8 Å². The second-order valence-electron chi connectivity index (χ2n) is 5.15. The van der Waals surface area contributed by atoms with E-state index in [0.717, 1.165) is 22.6 Å². The normalized spacial score (nSPS) is 10.2. The fourth-order valence-corrected chi connectivity index (χ4v) is 2.06. The van der Waals surface area contributed by atoms with E-state index in [-0.39, 0.29) is 11.6 Å². The molecule has 21 heavy (non-hydrogen) atoms. The molecule has 0 unspecified atom stereocenters. The smallest absolute Gasteiger partial charge is 0.134 e. The molecule has 0 heterocycles. The Morgan fingerprint density at radius 3 is 1.33 bits per heavy atom. The van der Waals surface area contributed by atoms with Crippen LogP contribution in [0.1, 0.15) is 25.0 Å². The highest BCUT2D eigenvalue weighted by atomic mass is 16.5. The molecule has 2 aromatic carbocycles. The summed E-state index contributed by atoms with van der Waals surface area (Å²) in [5.41, 5.74) is 1.96. The van der Waals surface area contributed by atoms with Crippen molar-refractivity contribution in [1.82, 2.24) is 0 Å². The molecule has 0 aliphatic rings. The molecule has 0 aromatic heterocycles. The number of rotatable bonds is 6. The average molecular weight is 282 g/mol. The highest BCUT2D eigenvalue weighted by molar-refractivity contribution is 5.78. The van der Waals surface area contributed by atoms with Gasteiger partial charge in [0.1, 0.15) is 23.1 Å². The van der Waals surface area contributed by atoms with E-state index < -0.39 is 0 Å². The van der Waals surface area contributed by atoms with Gasteiger partial charge in [-0.2, -0.15) is 0 Å². The second-order valence-corrected chi connectivity index (χ2v) is 5.15. The molecule has 0 saturated heterocycles. The molecule has 0 aliphatic carbocycles. The first-order valence-electron chi connectivity index (χ1n) is 6.87. The second kappa shape index (κ2) is 6.84. The maximum atomic E-state index is 11.0. The quantitative estimate of drug-likeness (QED) is 0.810. The lowest BCUT2D eigenvalue weighted by Gasteiger charge is -2.07. The molecule has 2 rings (SSSR count). The molecule has 0 radical (unpaired) electrons. The predicted octanol–water partition coefficient (Wildman–Crippen LogP) is 3.74. The van der Waals surface area contributed by atoms with Crippen molar-refractivity contribution in [2.24, 2.45) is 0 Å². The SMILES string of the molecule is CC(=O)Cc1ccc(Oc2ccc(CC(C)=O)cc2)cc1. The lowest BCUT2D eigenvalue weighted by Crippen LogP contribution is -1.96. The maximum absolute atomic E-state index is 11.0. The Balaban J connectivity index is 2.01. The largest absolute Gasteiger partial charge is 0.457 e. The Morgan fingerprint density at radius 1 is 0.714 bits per heavy atom. The van der Waals surface area contributed by atoms with E-state index in [1.807, 2.05) is 48.5 Å². The third-order valence-corrected chi connectivity index (χ3v) is 2.99. The van der Waals surface area contributed by atoms with E-state index in [4.69, 9.17) is 4.74 Å². The summed E-state index contributed by atoms with van der Waals surface area (Å²) in [4.78, 5) is 22.1. The number of hydrogen-bond donors (Lipinski definition) is 0. The van der Waals surface area contributed by atoms with Crippen molar-refractivity contribution in [1.29, 1.82) is 0 Å². The van der Waals surface area contributed by atoms with Crippen LogP contribution >= 0.6 is 0 Å². The van der Waals surface area contributed by atoms with Gasteiger partial charge in [0.05, 0.1) is 0 Å². The van der Waals surface area contributed by atoms with Crippen LogP contribution in [0.5, 0.6) is 11.5 Å². The van der Waals surface area contributed by atoms with Gasteiger partial charge in [-0.05, 0) is 49.2 Å². The molecule has 0 bridgehead atoms. The number of ketones is 2. The summed E-state index contributed by atoms with van der Waals surface area (Å²) in [6.07, 6.45) is 0.889. The zero-order chi connectivity index (χ0) is 15.2. The molecule has 2 aromatic rings.